The van der Waals surface area contributed by atoms with Crippen LogP contribution in [0.5, 0.6) is 5.75 Å². The molecule has 6 heteroatoms. The zero-order valence-corrected chi connectivity index (χ0v) is 17.1. The van der Waals surface area contributed by atoms with Crippen LogP contribution < -0.4 is 10.6 Å². The van der Waals surface area contributed by atoms with Crippen molar-refractivity contribution in [1.82, 2.24) is 15.5 Å². The molecule has 1 heterocycles. The molecule has 0 radical (unpaired) electrons. The lowest BCUT2D eigenvalue weighted by Gasteiger charge is -2.33. The molecule has 2 aromatic carbocycles. The van der Waals surface area contributed by atoms with Gasteiger partial charge in [-0.15, -0.1) is 0 Å². The third-order valence-corrected chi connectivity index (χ3v) is 5.20. The summed E-state index contributed by atoms with van der Waals surface area (Å²) in [5, 5.41) is 17.1. The summed E-state index contributed by atoms with van der Waals surface area (Å²) < 4.78 is 0. The topological polar surface area (TPSA) is 59.9 Å². The van der Waals surface area contributed by atoms with E-state index in [1.807, 2.05) is 24.3 Å². The van der Waals surface area contributed by atoms with Crippen LogP contribution >= 0.6 is 11.6 Å². The predicted octanol–water partition coefficient (Wildman–Crippen LogP) is 3.77. The second kappa shape index (κ2) is 10.3. The zero-order chi connectivity index (χ0) is 19.8. The molecule has 1 aliphatic heterocycles. The van der Waals surface area contributed by atoms with Crippen LogP contribution in [0.25, 0.3) is 0 Å². The Bertz CT molecular complexity index is 753. The molecule has 1 saturated heterocycles. The molecule has 0 atom stereocenters. The van der Waals surface area contributed by atoms with Gasteiger partial charge >= 0.3 is 0 Å². The highest BCUT2D eigenvalue weighted by Crippen LogP contribution is 2.16. The zero-order valence-electron chi connectivity index (χ0n) is 16.4. The first-order valence-corrected chi connectivity index (χ1v) is 10.3. The standard InChI is InChI=1S/C22H29ClN4O/c1-2-24-22(25-15-17-5-9-21(28)10-6-17)26-20-11-13-27(14-12-20)16-18-3-7-19(23)8-4-18/h3-10,20,28H,2,11-16H2,1H3,(H2,24,25,26). The lowest BCUT2D eigenvalue weighted by Crippen LogP contribution is -2.48. The summed E-state index contributed by atoms with van der Waals surface area (Å²) in [5.74, 6) is 1.13. The summed E-state index contributed by atoms with van der Waals surface area (Å²) >= 11 is 5.97. The minimum Gasteiger partial charge on any atom is -0.508 e. The fraction of sp³-hybridized carbons (Fsp3) is 0.409. The summed E-state index contributed by atoms with van der Waals surface area (Å²) in [4.78, 5) is 7.18. The van der Waals surface area contributed by atoms with Crippen molar-refractivity contribution in [3.63, 3.8) is 0 Å². The highest BCUT2D eigenvalue weighted by molar-refractivity contribution is 6.30. The Morgan fingerprint density at radius 1 is 1.07 bits per heavy atom. The normalized spacial score (nSPS) is 16.1. The Labute approximate surface area is 172 Å². The largest absolute Gasteiger partial charge is 0.508 e. The summed E-state index contributed by atoms with van der Waals surface area (Å²) in [7, 11) is 0. The van der Waals surface area contributed by atoms with Gasteiger partial charge < -0.3 is 15.7 Å². The van der Waals surface area contributed by atoms with Crippen molar-refractivity contribution in [2.75, 3.05) is 19.6 Å². The highest BCUT2D eigenvalue weighted by atomic mass is 35.5. The van der Waals surface area contributed by atoms with Gasteiger partial charge in [-0.25, -0.2) is 4.99 Å². The van der Waals surface area contributed by atoms with Gasteiger partial charge in [-0.1, -0.05) is 35.9 Å². The first-order valence-electron chi connectivity index (χ1n) is 9.92. The molecule has 0 spiro atoms. The smallest absolute Gasteiger partial charge is 0.191 e. The second-order valence-corrected chi connectivity index (χ2v) is 7.62. The summed E-state index contributed by atoms with van der Waals surface area (Å²) in [6.45, 7) is 6.60. The number of hydrogen-bond donors (Lipinski definition) is 3. The van der Waals surface area contributed by atoms with Crippen LogP contribution in [0.3, 0.4) is 0 Å². The molecule has 1 aliphatic rings. The van der Waals surface area contributed by atoms with Crippen LogP contribution in [0.4, 0.5) is 0 Å². The number of nitrogens with one attached hydrogen (secondary N) is 2. The molecule has 3 rings (SSSR count). The molecular weight excluding hydrogens is 372 g/mol. The maximum atomic E-state index is 9.39. The molecule has 3 N–H and O–H groups in total. The van der Waals surface area contributed by atoms with E-state index < -0.39 is 0 Å². The summed E-state index contributed by atoms with van der Waals surface area (Å²) in [5.41, 5.74) is 2.38. The van der Waals surface area contributed by atoms with Gasteiger partial charge in [0.25, 0.3) is 0 Å². The summed E-state index contributed by atoms with van der Waals surface area (Å²) in [6.07, 6.45) is 2.19. The number of aromatic hydroxyl groups is 1. The molecule has 0 bridgehead atoms. The van der Waals surface area contributed by atoms with Crippen molar-refractivity contribution in [2.45, 2.75) is 38.9 Å². The minimum atomic E-state index is 0.281. The van der Waals surface area contributed by atoms with E-state index in [-0.39, 0.29) is 5.75 Å². The van der Waals surface area contributed by atoms with Gasteiger partial charge in [-0.3, -0.25) is 4.90 Å². The van der Waals surface area contributed by atoms with Crippen molar-refractivity contribution in [3.05, 3.63) is 64.7 Å². The van der Waals surface area contributed by atoms with Crippen LogP contribution in [-0.2, 0) is 13.1 Å². The molecule has 0 unspecified atom stereocenters. The quantitative estimate of drug-likeness (QED) is 0.510. The number of rotatable bonds is 6. The van der Waals surface area contributed by atoms with Gasteiger partial charge in [0.1, 0.15) is 5.75 Å². The number of hydrogen-bond acceptors (Lipinski definition) is 3. The van der Waals surface area contributed by atoms with E-state index in [9.17, 15) is 5.11 Å². The number of guanidine groups is 1. The molecule has 0 saturated carbocycles. The summed E-state index contributed by atoms with van der Waals surface area (Å²) in [6, 6.07) is 15.7. The Hall–Kier alpha value is -2.24. The SMILES string of the molecule is CCNC(=NCc1ccc(O)cc1)NC1CCN(Cc2ccc(Cl)cc2)CC1. The lowest BCUT2D eigenvalue weighted by atomic mass is 10.0. The molecule has 150 valence electrons. The number of aliphatic imine (C=N–C) groups is 1. The van der Waals surface area contributed by atoms with E-state index >= 15 is 0 Å². The Morgan fingerprint density at radius 2 is 1.71 bits per heavy atom. The van der Waals surface area contributed by atoms with Crippen molar-refractivity contribution >= 4 is 17.6 Å². The van der Waals surface area contributed by atoms with Crippen LogP contribution in [0.1, 0.15) is 30.9 Å². The Morgan fingerprint density at radius 3 is 2.36 bits per heavy atom. The highest BCUT2D eigenvalue weighted by Gasteiger charge is 2.20. The lowest BCUT2D eigenvalue weighted by molar-refractivity contribution is 0.198. The van der Waals surface area contributed by atoms with Crippen LogP contribution in [0.2, 0.25) is 5.02 Å². The van der Waals surface area contributed by atoms with Gasteiger partial charge in [0.05, 0.1) is 6.54 Å². The van der Waals surface area contributed by atoms with Crippen molar-refractivity contribution < 1.29 is 5.11 Å². The van der Waals surface area contributed by atoms with Gasteiger partial charge in [0.2, 0.25) is 0 Å². The molecule has 0 amide bonds. The van der Waals surface area contributed by atoms with E-state index in [1.165, 1.54) is 5.56 Å². The Balaban J connectivity index is 1.48. The number of phenolic OH excluding ortho intramolecular Hbond substituents is 1. The van der Waals surface area contributed by atoms with Crippen molar-refractivity contribution in [3.8, 4) is 5.75 Å². The number of benzene rings is 2. The first kappa shape index (κ1) is 20.5. The van der Waals surface area contributed by atoms with Crippen molar-refractivity contribution in [1.29, 1.82) is 0 Å². The van der Waals surface area contributed by atoms with Crippen molar-refractivity contribution in [2.24, 2.45) is 4.99 Å². The molecular formula is C22H29ClN4O. The molecule has 2 aromatic rings. The van der Waals surface area contributed by atoms with E-state index in [0.717, 1.165) is 55.6 Å². The molecule has 28 heavy (non-hydrogen) atoms. The molecule has 1 fully saturated rings. The van der Waals surface area contributed by atoms with Crippen LogP contribution in [0, 0.1) is 0 Å². The average molecular weight is 401 g/mol. The van der Waals surface area contributed by atoms with Crippen LogP contribution in [0.15, 0.2) is 53.5 Å². The maximum Gasteiger partial charge on any atom is 0.191 e. The average Bonchev–Trinajstić information content (AvgIpc) is 2.71. The van der Waals surface area contributed by atoms with Gasteiger partial charge in [-0.05, 0) is 55.2 Å². The van der Waals surface area contributed by atoms with E-state index in [2.05, 4.69) is 39.6 Å². The number of nitrogens with zero attached hydrogens (tertiary/aromatic N) is 2. The number of likely N-dealkylation sites (tertiary alicyclic amines) is 1. The third-order valence-electron chi connectivity index (χ3n) is 4.95. The second-order valence-electron chi connectivity index (χ2n) is 7.18. The van der Waals surface area contributed by atoms with Crippen LogP contribution in [-0.4, -0.2) is 41.6 Å². The maximum absolute atomic E-state index is 9.39. The fourth-order valence-electron chi connectivity index (χ4n) is 3.37. The van der Waals surface area contributed by atoms with E-state index in [0.29, 0.717) is 12.6 Å². The number of phenols is 1. The first-order chi connectivity index (χ1) is 13.6. The van der Waals surface area contributed by atoms with Gasteiger partial charge in [0.15, 0.2) is 5.96 Å². The van der Waals surface area contributed by atoms with Gasteiger partial charge in [-0.2, -0.15) is 0 Å². The molecule has 0 aliphatic carbocycles. The number of piperidine rings is 1. The predicted molar refractivity (Wildman–Crippen MR) is 116 cm³/mol. The fourth-order valence-corrected chi connectivity index (χ4v) is 3.49. The van der Waals surface area contributed by atoms with E-state index in [1.54, 1.807) is 12.1 Å². The van der Waals surface area contributed by atoms with E-state index in [4.69, 9.17) is 11.6 Å². The minimum absolute atomic E-state index is 0.281. The third kappa shape index (κ3) is 6.43. The molecule has 5 nitrogen and oxygen atoms in total. The number of halogens is 1. The monoisotopic (exact) mass is 400 g/mol. The Kier molecular flexibility index (Phi) is 7.57. The van der Waals surface area contributed by atoms with Gasteiger partial charge in [0, 0.05) is 37.2 Å². The molecule has 0 aromatic heterocycles.